The van der Waals surface area contributed by atoms with E-state index in [2.05, 4.69) is 5.32 Å². The van der Waals surface area contributed by atoms with E-state index >= 15 is 0 Å². The molecule has 1 amide bonds. The van der Waals surface area contributed by atoms with Gasteiger partial charge in [0.15, 0.2) is 0 Å². The van der Waals surface area contributed by atoms with Crippen LogP contribution in [0.15, 0.2) is 18.2 Å². The number of methoxy groups -OCH3 is 2. The van der Waals surface area contributed by atoms with Gasteiger partial charge in [0.2, 0.25) is 5.91 Å². The number of nitrogens with one attached hydrogen (secondary N) is 1. The lowest BCUT2D eigenvalue weighted by Crippen LogP contribution is -2.22. The quantitative estimate of drug-likeness (QED) is 0.763. The number of hydrogen-bond donors (Lipinski definition) is 2. The Labute approximate surface area is 88.2 Å². The van der Waals surface area contributed by atoms with Crippen LogP contribution in [0.25, 0.3) is 0 Å². The SMILES string of the molecule is COc1ccc(NC(=O)CN)c(OC)c1. The molecule has 3 N–H and O–H groups in total. The minimum absolute atomic E-state index is 0.0603. The summed E-state index contributed by atoms with van der Waals surface area (Å²) in [7, 11) is 3.08. The molecule has 5 nitrogen and oxygen atoms in total. The summed E-state index contributed by atoms with van der Waals surface area (Å²) in [5.41, 5.74) is 5.77. The Bertz CT molecular complexity index is 353. The lowest BCUT2D eigenvalue weighted by Gasteiger charge is -2.10. The van der Waals surface area contributed by atoms with E-state index in [9.17, 15) is 4.79 Å². The summed E-state index contributed by atoms with van der Waals surface area (Å²) in [4.78, 5) is 11.1. The number of nitrogens with two attached hydrogens (primary N) is 1. The van der Waals surface area contributed by atoms with Crippen LogP contribution in [0.5, 0.6) is 11.5 Å². The number of hydrogen-bond acceptors (Lipinski definition) is 4. The van der Waals surface area contributed by atoms with E-state index in [1.807, 2.05) is 0 Å². The Kier molecular flexibility index (Phi) is 3.93. The molecule has 0 radical (unpaired) electrons. The highest BCUT2D eigenvalue weighted by Gasteiger charge is 2.07. The van der Waals surface area contributed by atoms with Gasteiger partial charge in [-0.1, -0.05) is 0 Å². The molecule has 0 spiro atoms. The zero-order chi connectivity index (χ0) is 11.3. The van der Waals surface area contributed by atoms with Crippen LogP contribution in [0.2, 0.25) is 0 Å². The molecule has 1 aromatic carbocycles. The van der Waals surface area contributed by atoms with Crippen molar-refractivity contribution < 1.29 is 14.3 Å². The molecule has 0 aromatic heterocycles. The Morgan fingerprint density at radius 2 is 2.13 bits per heavy atom. The summed E-state index contributed by atoms with van der Waals surface area (Å²) >= 11 is 0. The molecule has 0 aliphatic carbocycles. The van der Waals surface area contributed by atoms with E-state index < -0.39 is 0 Å². The van der Waals surface area contributed by atoms with Crippen molar-refractivity contribution in [2.75, 3.05) is 26.1 Å². The lowest BCUT2D eigenvalue weighted by molar-refractivity contribution is -0.114. The lowest BCUT2D eigenvalue weighted by atomic mass is 10.2. The molecule has 0 heterocycles. The number of amides is 1. The third kappa shape index (κ3) is 2.85. The van der Waals surface area contributed by atoms with E-state index in [0.717, 1.165) is 0 Å². The summed E-state index contributed by atoms with van der Waals surface area (Å²) in [6, 6.07) is 5.12. The van der Waals surface area contributed by atoms with Crippen LogP contribution in [-0.4, -0.2) is 26.7 Å². The first-order chi connectivity index (χ1) is 7.21. The van der Waals surface area contributed by atoms with Gasteiger partial charge in [0.05, 0.1) is 26.5 Å². The summed E-state index contributed by atoms with van der Waals surface area (Å²) in [5, 5.41) is 2.62. The first-order valence-electron chi connectivity index (χ1n) is 4.43. The average Bonchev–Trinajstić information content (AvgIpc) is 2.29. The molecule has 82 valence electrons. The highest BCUT2D eigenvalue weighted by molar-refractivity contribution is 5.93. The van der Waals surface area contributed by atoms with Crippen LogP contribution in [0.1, 0.15) is 0 Å². The van der Waals surface area contributed by atoms with E-state index in [1.165, 1.54) is 7.11 Å². The van der Waals surface area contributed by atoms with Crippen molar-refractivity contribution in [3.05, 3.63) is 18.2 Å². The van der Waals surface area contributed by atoms with Gasteiger partial charge in [-0.15, -0.1) is 0 Å². The number of ether oxygens (including phenoxy) is 2. The van der Waals surface area contributed by atoms with Crippen LogP contribution in [0, 0.1) is 0 Å². The zero-order valence-electron chi connectivity index (χ0n) is 8.74. The molecule has 0 fully saturated rings. The number of carbonyl (C=O) groups excluding carboxylic acids is 1. The average molecular weight is 210 g/mol. The molecule has 0 saturated heterocycles. The topological polar surface area (TPSA) is 73.6 Å². The van der Waals surface area contributed by atoms with Gasteiger partial charge >= 0.3 is 0 Å². The Hall–Kier alpha value is -1.75. The van der Waals surface area contributed by atoms with Crippen molar-refractivity contribution in [2.45, 2.75) is 0 Å². The maximum absolute atomic E-state index is 11.1. The Balaban J connectivity index is 2.92. The molecule has 15 heavy (non-hydrogen) atoms. The molecule has 0 unspecified atom stereocenters. The van der Waals surface area contributed by atoms with Gasteiger partial charge in [-0.3, -0.25) is 4.79 Å². The molecule has 0 saturated carbocycles. The fourth-order valence-corrected chi connectivity index (χ4v) is 1.10. The van der Waals surface area contributed by atoms with Gasteiger partial charge in [-0.25, -0.2) is 0 Å². The summed E-state index contributed by atoms with van der Waals surface area (Å²) < 4.78 is 10.1. The van der Waals surface area contributed by atoms with Crippen LogP contribution in [0.3, 0.4) is 0 Å². The molecule has 0 aliphatic rings. The molecule has 1 aromatic rings. The molecule has 0 atom stereocenters. The molecular weight excluding hydrogens is 196 g/mol. The standard InChI is InChI=1S/C10H14N2O3/c1-14-7-3-4-8(9(5-7)15-2)12-10(13)6-11/h3-5H,6,11H2,1-2H3,(H,12,13). The van der Waals surface area contributed by atoms with E-state index in [1.54, 1.807) is 25.3 Å². The second kappa shape index (κ2) is 5.21. The number of rotatable bonds is 4. The third-order valence-electron chi connectivity index (χ3n) is 1.87. The fraction of sp³-hybridized carbons (Fsp3) is 0.300. The van der Waals surface area contributed by atoms with E-state index in [4.69, 9.17) is 15.2 Å². The van der Waals surface area contributed by atoms with Crippen molar-refractivity contribution in [3.63, 3.8) is 0 Å². The van der Waals surface area contributed by atoms with Crippen molar-refractivity contribution >= 4 is 11.6 Å². The number of benzene rings is 1. The van der Waals surface area contributed by atoms with Gasteiger partial charge in [0.25, 0.3) is 0 Å². The molecule has 0 aliphatic heterocycles. The van der Waals surface area contributed by atoms with Crippen LogP contribution in [-0.2, 0) is 4.79 Å². The largest absolute Gasteiger partial charge is 0.497 e. The van der Waals surface area contributed by atoms with Crippen molar-refractivity contribution in [1.82, 2.24) is 0 Å². The van der Waals surface area contributed by atoms with Gasteiger partial charge in [0.1, 0.15) is 11.5 Å². The minimum Gasteiger partial charge on any atom is -0.497 e. The number of carbonyl (C=O) groups is 1. The van der Waals surface area contributed by atoms with Crippen molar-refractivity contribution in [3.8, 4) is 11.5 Å². The van der Waals surface area contributed by atoms with Gasteiger partial charge in [-0.2, -0.15) is 0 Å². The summed E-state index contributed by atoms with van der Waals surface area (Å²) in [5.74, 6) is 0.937. The van der Waals surface area contributed by atoms with Gasteiger partial charge in [0, 0.05) is 6.07 Å². The summed E-state index contributed by atoms with van der Waals surface area (Å²) in [6.07, 6.45) is 0. The predicted molar refractivity (Wildman–Crippen MR) is 57.2 cm³/mol. The van der Waals surface area contributed by atoms with Crippen LogP contribution in [0.4, 0.5) is 5.69 Å². The third-order valence-corrected chi connectivity index (χ3v) is 1.87. The van der Waals surface area contributed by atoms with Crippen LogP contribution < -0.4 is 20.5 Å². The smallest absolute Gasteiger partial charge is 0.238 e. The van der Waals surface area contributed by atoms with E-state index in [0.29, 0.717) is 17.2 Å². The van der Waals surface area contributed by atoms with Crippen LogP contribution >= 0.6 is 0 Å². The molecule has 1 rings (SSSR count). The Morgan fingerprint density at radius 3 is 2.67 bits per heavy atom. The Morgan fingerprint density at radius 1 is 1.40 bits per heavy atom. The van der Waals surface area contributed by atoms with E-state index in [-0.39, 0.29) is 12.5 Å². The number of anilines is 1. The monoisotopic (exact) mass is 210 g/mol. The highest BCUT2D eigenvalue weighted by Crippen LogP contribution is 2.28. The molecule has 5 heteroatoms. The normalized spacial score (nSPS) is 9.53. The van der Waals surface area contributed by atoms with Crippen molar-refractivity contribution in [2.24, 2.45) is 5.73 Å². The van der Waals surface area contributed by atoms with Gasteiger partial charge < -0.3 is 20.5 Å². The van der Waals surface area contributed by atoms with Gasteiger partial charge in [-0.05, 0) is 12.1 Å². The second-order valence-corrected chi connectivity index (χ2v) is 2.82. The van der Waals surface area contributed by atoms with Crippen molar-refractivity contribution in [1.29, 1.82) is 0 Å². The molecule has 0 bridgehead atoms. The highest BCUT2D eigenvalue weighted by atomic mass is 16.5. The molecular formula is C10H14N2O3. The maximum atomic E-state index is 11.1. The predicted octanol–water partition coefficient (Wildman–Crippen LogP) is 0.601. The second-order valence-electron chi connectivity index (χ2n) is 2.82. The maximum Gasteiger partial charge on any atom is 0.238 e. The minimum atomic E-state index is -0.265. The fourth-order valence-electron chi connectivity index (χ4n) is 1.10. The first kappa shape index (κ1) is 11.3. The zero-order valence-corrected chi connectivity index (χ0v) is 8.74. The summed E-state index contributed by atoms with van der Waals surface area (Å²) in [6.45, 7) is -0.0603. The first-order valence-corrected chi connectivity index (χ1v) is 4.43.